The number of nitrogens with zero attached hydrogens (tertiary/aromatic N) is 2. The Balaban J connectivity index is 1.58. The van der Waals surface area contributed by atoms with Crippen molar-refractivity contribution in [2.75, 3.05) is 39.0 Å². The maximum Gasteiger partial charge on any atom is 0.254 e. The van der Waals surface area contributed by atoms with E-state index in [1.165, 1.54) is 16.9 Å². The molecule has 150 valence electrons. The second kappa shape index (κ2) is 7.81. The van der Waals surface area contributed by atoms with Crippen molar-refractivity contribution in [2.45, 2.75) is 36.7 Å². The van der Waals surface area contributed by atoms with E-state index in [0.29, 0.717) is 18.2 Å². The molecule has 0 spiro atoms. The summed E-state index contributed by atoms with van der Waals surface area (Å²) in [6, 6.07) is 10.5. The molecule has 2 aliphatic rings. The van der Waals surface area contributed by atoms with Crippen molar-refractivity contribution < 1.29 is 9.53 Å². The normalized spacial score (nSPS) is 21.4. The van der Waals surface area contributed by atoms with Gasteiger partial charge in [-0.15, -0.1) is 11.3 Å². The van der Waals surface area contributed by atoms with Crippen molar-refractivity contribution in [3.63, 3.8) is 0 Å². The van der Waals surface area contributed by atoms with Crippen molar-refractivity contribution in [3.8, 4) is 0 Å². The standard InChI is InChI=1S/C21H28N4O2S/c1-27-21(7-11-23-12-8-21)18(26)25-13-9-20(10-14-25,16-5-3-2-4-6-16)17-15-28-19(22)24-17/h2-6,15,23H,7-14H2,1H3,(H2,22,24). The van der Waals surface area contributed by atoms with E-state index < -0.39 is 5.60 Å². The van der Waals surface area contributed by atoms with E-state index in [1.54, 1.807) is 7.11 Å². The van der Waals surface area contributed by atoms with E-state index in [0.717, 1.165) is 44.5 Å². The molecule has 2 aromatic rings. The molecule has 3 N–H and O–H groups in total. The number of carbonyl (C=O) groups excluding carboxylic acids is 1. The fourth-order valence-corrected chi connectivity index (χ4v) is 5.33. The largest absolute Gasteiger partial charge is 0.375 e. The van der Waals surface area contributed by atoms with E-state index in [4.69, 9.17) is 10.5 Å². The highest BCUT2D eigenvalue weighted by molar-refractivity contribution is 7.13. The fourth-order valence-electron chi connectivity index (χ4n) is 4.67. The Labute approximate surface area is 170 Å². The van der Waals surface area contributed by atoms with Gasteiger partial charge in [-0.2, -0.15) is 0 Å². The molecule has 4 rings (SSSR count). The highest BCUT2D eigenvalue weighted by Crippen LogP contribution is 2.43. The van der Waals surface area contributed by atoms with Gasteiger partial charge in [-0.3, -0.25) is 4.79 Å². The molecule has 1 aromatic heterocycles. The molecule has 2 saturated heterocycles. The van der Waals surface area contributed by atoms with Crippen LogP contribution in [0.5, 0.6) is 0 Å². The summed E-state index contributed by atoms with van der Waals surface area (Å²) in [7, 11) is 1.67. The molecular formula is C21H28N4O2S. The van der Waals surface area contributed by atoms with Crippen LogP contribution >= 0.6 is 11.3 Å². The van der Waals surface area contributed by atoms with Gasteiger partial charge in [-0.1, -0.05) is 30.3 Å². The summed E-state index contributed by atoms with van der Waals surface area (Å²) in [6.45, 7) is 3.03. The number of benzene rings is 1. The third kappa shape index (κ3) is 3.32. The molecular weight excluding hydrogens is 372 g/mol. The fraction of sp³-hybridized carbons (Fsp3) is 0.524. The summed E-state index contributed by atoms with van der Waals surface area (Å²) in [4.78, 5) is 20.0. The number of ether oxygens (including phenoxy) is 1. The molecule has 2 fully saturated rings. The van der Waals surface area contributed by atoms with Crippen LogP contribution in [-0.4, -0.2) is 54.7 Å². The SMILES string of the molecule is COC1(C(=O)N2CCC(c3ccccc3)(c3csc(N)n3)CC2)CCNCC1. The summed E-state index contributed by atoms with van der Waals surface area (Å²) in [6.07, 6.45) is 3.13. The van der Waals surface area contributed by atoms with Crippen LogP contribution < -0.4 is 11.1 Å². The number of anilines is 1. The van der Waals surface area contributed by atoms with Gasteiger partial charge in [0, 0.05) is 31.0 Å². The minimum Gasteiger partial charge on any atom is -0.375 e. The number of nitrogens with one attached hydrogen (secondary N) is 1. The zero-order valence-corrected chi connectivity index (χ0v) is 17.1. The smallest absolute Gasteiger partial charge is 0.254 e. The first-order valence-corrected chi connectivity index (χ1v) is 10.8. The summed E-state index contributed by atoms with van der Waals surface area (Å²) < 4.78 is 5.76. The number of nitrogen functional groups attached to an aromatic ring is 1. The maximum atomic E-state index is 13.3. The zero-order chi connectivity index (χ0) is 19.6. The van der Waals surface area contributed by atoms with Crippen molar-refractivity contribution in [3.05, 3.63) is 47.0 Å². The predicted octanol–water partition coefficient (Wildman–Crippen LogP) is 2.40. The van der Waals surface area contributed by atoms with Gasteiger partial charge in [0.25, 0.3) is 5.91 Å². The maximum absolute atomic E-state index is 13.3. The summed E-state index contributed by atoms with van der Waals surface area (Å²) >= 11 is 1.48. The van der Waals surface area contributed by atoms with Crippen LogP contribution in [0.2, 0.25) is 0 Å². The number of piperidine rings is 2. The van der Waals surface area contributed by atoms with E-state index in [9.17, 15) is 4.79 Å². The van der Waals surface area contributed by atoms with E-state index >= 15 is 0 Å². The molecule has 0 atom stereocenters. The molecule has 2 aliphatic heterocycles. The van der Waals surface area contributed by atoms with Crippen LogP contribution in [0.25, 0.3) is 0 Å². The number of likely N-dealkylation sites (tertiary alicyclic amines) is 1. The predicted molar refractivity (Wildman–Crippen MR) is 111 cm³/mol. The third-order valence-corrected chi connectivity index (χ3v) is 7.11. The van der Waals surface area contributed by atoms with Gasteiger partial charge in [0.05, 0.1) is 5.69 Å². The number of nitrogens with two attached hydrogens (primary N) is 1. The van der Waals surface area contributed by atoms with Crippen LogP contribution in [0, 0.1) is 0 Å². The second-order valence-electron chi connectivity index (χ2n) is 7.76. The van der Waals surface area contributed by atoms with Gasteiger partial charge < -0.3 is 20.7 Å². The Kier molecular flexibility index (Phi) is 5.40. The van der Waals surface area contributed by atoms with Crippen LogP contribution in [0.15, 0.2) is 35.7 Å². The molecule has 1 aromatic carbocycles. The number of aromatic nitrogens is 1. The molecule has 6 nitrogen and oxygen atoms in total. The van der Waals surface area contributed by atoms with E-state index in [-0.39, 0.29) is 11.3 Å². The number of amides is 1. The lowest BCUT2D eigenvalue weighted by Crippen LogP contribution is -2.58. The average molecular weight is 401 g/mol. The van der Waals surface area contributed by atoms with Crippen LogP contribution in [0.4, 0.5) is 5.13 Å². The lowest BCUT2D eigenvalue weighted by atomic mass is 9.70. The first-order chi connectivity index (χ1) is 13.6. The summed E-state index contributed by atoms with van der Waals surface area (Å²) in [5, 5.41) is 5.99. The Bertz CT molecular complexity index is 809. The summed E-state index contributed by atoms with van der Waals surface area (Å²) in [5.74, 6) is 0.135. The topological polar surface area (TPSA) is 80.5 Å². The lowest BCUT2D eigenvalue weighted by Gasteiger charge is -2.45. The quantitative estimate of drug-likeness (QED) is 0.824. The number of rotatable bonds is 4. The van der Waals surface area contributed by atoms with E-state index in [1.807, 2.05) is 11.0 Å². The minimum absolute atomic E-state index is 0.135. The molecule has 0 radical (unpaired) electrons. The Hall–Kier alpha value is -1.96. The number of hydrogen-bond donors (Lipinski definition) is 2. The zero-order valence-electron chi connectivity index (χ0n) is 16.3. The first-order valence-electron chi connectivity index (χ1n) is 9.92. The molecule has 28 heavy (non-hydrogen) atoms. The van der Waals surface area contributed by atoms with Gasteiger partial charge in [0.2, 0.25) is 0 Å². The van der Waals surface area contributed by atoms with Crippen molar-refractivity contribution in [1.29, 1.82) is 0 Å². The number of carbonyl (C=O) groups is 1. The van der Waals surface area contributed by atoms with Crippen molar-refractivity contribution in [1.82, 2.24) is 15.2 Å². The van der Waals surface area contributed by atoms with Gasteiger partial charge in [0.1, 0.15) is 5.60 Å². The Morgan fingerprint density at radius 1 is 1.18 bits per heavy atom. The third-order valence-electron chi connectivity index (χ3n) is 6.43. The molecule has 0 bridgehead atoms. The molecule has 1 amide bonds. The van der Waals surface area contributed by atoms with Gasteiger partial charge >= 0.3 is 0 Å². The Morgan fingerprint density at radius 2 is 1.86 bits per heavy atom. The first kappa shape index (κ1) is 19.4. The average Bonchev–Trinajstić information content (AvgIpc) is 3.21. The van der Waals surface area contributed by atoms with Gasteiger partial charge in [-0.25, -0.2) is 4.98 Å². The molecule has 0 saturated carbocycles. The Morgan fingerprint density at radius 3 is 2.43 bits per heavy atom. The van der Waals surface area contributed by atoms with Crippen LogP contribution in [-0.2, 0) is 14.9 Å². The molecule has 3 heterocycles. The van der Waals surface area contributed by atoms with Crippen molar-refractivity contribution >= 4 is 22.4 Å². The van der Waals surface area contributed by atoms with Gasteiger partial charge in [-0.05, 0) is 44.3 Å². The van der Waals surface area contributed by atoms with Crippen molar-refractivity contribution in [2.24, 2.45) is 0 Å². The highest BCUT2D eigenvalue weighted by Gasteiger charge is 2.46. The number of thiazole rings is 1. The van der Waals surface area contributed by atoms with Crippen LogP contribution in [0.3, 0.4) is 0 Å². The molecule has 0 aliphatic carbocycles. The number of hydrogen-bond acceptors (Lipinski definition) is 6. The highest BCUT2D eigenvalue weighted by atomic mass is 32.1. The monoisotopic (exact) mass is 400 g/mol. The minimum atomic E-state index is -0.678. The molecule has 7 heteroatoms. The second-order valence-corrected chi connectivity index (χ2v) is 8.65. The van der Waals surface area contributed by atoms with E-state index in [2.05, 4.69) is 39.9 Å². The lowest BCUT2D eigenvalue weighted by molar-refractivity contribution is -0.159. The van der Waals surface area contributed by atoms with Crippen LogP contribution in [0.1, 0.15) is 36.9 Å². The molecule has 0 unspecified atom stereocenters. The van der Waals surface area contributed by atoms with Gasteiger partial charge in [0.15, 0.2) is 5.13 Å². The number of methoxy groups -OCH3 is 1. The summed E-state index contributed by atoms with van der Waals surface area (Å²) in [5.41, 5.74) is 7.35.